The molecular formula is C18H22N2O3. The molecule has 5 heteroatoms. The number of hydrogen-bond donors (Lipinski definition) is 2. The first-order valence-electron chi connectivity index (χ1n) is 8.02. The van der Waals surface area contributed by atoms with Crippen LogP contribution < -0.4 is 0 Å². The van der Waals surface area contributed by atoms with Gasteiger partial charge in [-0.25, -0.2) is 4.79 Å². The number of rotatable bonds is 4. The summed E-state index contributed by atoms with van der Waals surface area (Å²) in [7, 11) is 0. The number of nitrogens with zero attached hydrogens (tertiary/aromatic N) is 1. The van der Waals surface area contributed by atoms with E-state index in [1.807, 2.05) is 19.2 Å². The van der Waals surface area contributed by atoms with Gasteiger partial charge in [0.2, 0.25) is 5.91 Å². The van der Waals surface area contributed by atoms with Crippen LogP contribution >= 0.6 is 0 Å². The summed E-state index contributed by atoms with van der Waals surface area (Å²) in [6, 6.07) is 6.21. The maximum absolute atomic E-state index is 12.5. The first-order valence-corrected chi connectivity index (χ1v) is 8.02. The number of hydrogen-bond acceptors (Lipinski definition) is 2. The highest BCUT2D eigenvalue weighted by atomic mass is 16.4. The van der Waals surface area contributed by atoms with E-state index in [0.717, 1.165) is 22.9 Å². The molecule has 5 nitrogen and oxygen atoms in total. The van der Waals surface area contributed by atoms with E-state index in [2.05, 4.69) is 17.1 Å². The fourth-order valence-corrected chi connectivity index (χ4v) is 3.46. The molecule has 0 bridgehead atoms. The van der Waals surface area contributed by atoms with Gasteiger partial charge in [-0.1, -0.05) is 11.6 Å². The van der Waals surface area contributed by atoms with Crippen LogP contribution in [0.2, 0.25) is 0 Å². The van der Waals surface area contributed by atoms with Crippen molar-refractivity contribution in [3.8, 4) is 0 Å². The highest BCUT2D eigenvalue weighted by molar-refractivity contribution is 5.88. The highest BCUT2D eigenvalue weighted by Gasteiger charge is 2.45. The number of carboxylic acids is 1. The average molecular weight is 314 g/mol. The van der Waals surface area contributed by atoms with E-state index in [1.165, 1.54) is 10.5 Å². The predicted octanol–water partition coefficient (Wildman–Crippen LogP) is 2.87. The zero-order valence-electron chi connectivity index (χ0n) is 13.6. The Hall–Kier alpha value is -2.30. The Kier molecular flexibility index (Phi) is 3.88. The SMILES string of the molecule is Cc1ccc2[nH]cc(CCC(=O)N3CCCC3(C)C(=O)O)c2c1. The van der Waals surface area contributed by atoms with Gasteiger partial charge in [0.25, 0.3) is 0 Å². The number of aryl methyl sites for hydroxylation is 2. The number of H-pyrrole nitrogens is 1. The van der Waals surface area contributed by atoms with Gasteiger partial charge in [-0.2, -0.15) is 0 Å². The fraction of sp³-hybridized carbons (Fsp3) is 0.444. The summed E-state index contributed by atoms with van der Waals surface area (Å²) < 4.78 is 0. The molecule has 0 saturated carbocycles. The average Bonchev–Trinajstić information content (AvgIpc) is 3.09. The van der Waals surface area contributed by atoms with Crippen LogP contribution in [-0.2, 0) is 16.0 Å². The van der Waals surface area contributed by atoms with Crippen molar-refractivity contribution in [1.29, 1.82) is 0 Å². The van der Waals surface area contributed by atoms with Gasteiger partial charge in [0.15, 0.2) is 0 Å². The number of nitrogens with one attached hydrogen (secondary N) is 1. The van der Waals surface area contributed by atoms with E-state index in [0.29, 0.717) is 25.8 Å². The maximum atomic E-state index is 12.5. The number of benzene rings is 1. The van der Waals surface area contributed by atoms with Crippen molar-refractivity contribution in [1.82, 2.24) is 9.88 Å². The van der Waals surface area contributed by atoms with Gasteiger partial charge in [0.1, 0.15) is 5.54 Å². The number of carbonyl (C=O) groups is 2. The van der Waals surface area contributed by atoms with Crippen LogP contribution in [0.1, 0.15) is 37.3 Å². The smallest absolute Gasteiger partial charge is 0.329 e. The molecule has 2 aromatic rings. The third-order valence-electron chi connectivity index (χ3n) is 4.93. The summed E-state index contributed by atoms with van der Waals surface area (Å²) in [6.45, 7) is 4.23. The Morgan fingerprint density at radius 3 is 2.91 bits per heavy atom. The molecule has 0 radical (unpaired) electrons. The van der Waals surface area contributed by atoms with Crippen LogP contribution in [0.5, 0.6) is 0 Å². The van der Waals surface area contributed by atoms with Gasteiger partial charge in [-0.3, -0.25) is 4.79 Å². The lowest BCUT2D eigenvalue weighted by molar-refractivity contribution is -0.155. The minimum Gasteiger partial charge on any atom is -0.480 e. The van der Waals surface area contributed by atoms with Crippen molar-refractivity contribution in [2.24, 2.45) is 0 Å². The zero-order chi connectivity index (χ0) is 16.6. The normalized spacial score (nSPS) is 21.0. The number of amides is 1. The van der Waals surface area contributed by atoms with E-state index in [9.17, 15) is 14.7 Å². The van der Waals surface area contributed by atoms with Gasteiger partial charge in [-0.15, -0.1) is 0 Å². The molecule has 0 spiro atoms. The van der Waals surface area contributed by atoms with Crippen LogP contribution in [0.4, 0.5) is 0 Å². The molecule has 3 rings (SSSR count). The Morgan fingerprint density at radius 1 is 1.39 bits per heavy atom. The Bertz CT molecular complexity index is 765. The summed E-state index contributed by atoms with van der Waals surface area (Å²) >= 11 is 0. The largest absolute Gasteiger partial charge is 0.480 e. The third kappa shape index (κ3) is 2.71. The summed E-state index contributed by atoms with van der Waals surface area (Å²) in [5.74, 6) is -0.986. The molecule has 1 aromatic heterocycles. The molecule has 2 heterocycles. The lowest BCUT2D eigenvalue weighted by atomic mass is 9.98. The highest BCUT2D eigenvalue weighted by Crippen LogP contribution is 2.30. The van der Waals surface area contributed by atoms with E-state index >= 15 is 0 Å². The zero-order valence-corrected chi connectivity index (χ0v) is 13.6. The Balaban J connectivity index is 1.73. The van der Waals surface area contributed by atoms with Gasteiger partial charge < -0.3 is 15.0 Å². The standard InChI is InChI=1S/C18H22N2O3/c1-12-4-6-15-14(10-12)13(11-19-15)5-7-16(21)20-9-3-8-18(20,2)17(22)23/h4,6,10-11,19H,3,5,7-9H2,1-2H3,(H,22,23). The van der Waals surface area contributed by atoms with Gasteiger partial charge in [0, 0.05) is 30.1 Å². The molecule has 1 atom stereocenters. The Labute approximate surface area is 135 Å². The molecule has 1 amide bonds. The first-order chi connectivity index (χ1) is 10.9. The number of fused-ring (bicyclic) bond motifs is 1. The van der Waals surface area contributed by atoms with Crippen molar-refractivity contribution in [2.75, 3.05) is 6.54 Å². The van der Waals surface area contributed by atoms with Crippen LogP contribution in [0.3, 0.4) is 0 Å². The number of carboxylic acid groups (broad SMARTS) is 1. The second kappa shape index (κ2) is 5.72. The first kappa shape index (κ1) is 15.6. The second-order valence-corrected chi connectivity index (χ2v) is 6.59. The molecule has 1 aliphatic heterocycles. The van der Waals surface area contributed by atoms with Crippen LogP contribution in [-0.4, -0.2) is 39.0 Å². The summed E-state index contributed by atoms with van der Waals surface area (Å²) in [5.41, 5.74) is 2.30. The number of aromatic nitrogens is 1. The maximum Gasteiger partial charge on any atom is 0.329 e. The van der Waals surface area contributed by atoms with Gasteiger partial charge in [0.05, 0.1) is 0 Å². The molecule has 0 aliphatic carbocycles. The molecule has 1 unspecified atom stereocenters. The quantitative estimate of drug-likeness (QED) is 0.911. The van der Waals surface area contributed by atoms with Crippen molar-refractivity contribution >= 4 is 22.8 Å². The van der Waals surface area contributed by atoms with E-state index in [1.54, 1.807) is 6.92 Å². The number of aliphatic carboxylic acids is 1. The topological polar surface area (TPSA) is 73.4 Å². The van der Waals surface area contributed by atoms with Crippen molar-refractivity contribution in [2.45, 2.75) is 45.1 Å². The predicted molar refractivity (Wildman–Crippen MR) is 88.3 cm³/mol. The molecule has 1 aliphatic rings. The monoisotopic (exact) mass is 314 g/mol. The molecule has 23 heavy (non-hydrogen) atoms. The number of carbonyl (C=O) groups excluding carboxylic acids is 1. The van der Waals surface area contributed by atoms with E-state index in [-0.39, 0.29) is 5.91 Å². The summed E-state index contributed by atoms with van der Waals surface area (Å²) in [5, 5.41) is 10.6. The molecule has 1 fully saturated rings. The van der Waals surface area contributed by atoms with Crippen LogP contribution in [0, 0.1) is 6.92 Å². The molecule has 2 N–H and O–H groups in total. The number of likely N-dealkylation sites (tertiary alicyclic amines) is 1. The molecule has 1 saturated heterocycles. The number of aromatic amines is 1. The van der Waals surface area contributed by atoms with Gasteiger partial charge in [-0.05, 0) is 50.8 Å². The summed E-state index contributed by atoms with van der Waals surface area (Å²) in [6.07, 6.45) is 4.18. The third-order valence-corrected chi connectivity index (χ3v) is 4.93. The molecule has 1 aromatic carbocycles. The molecule has 122 valence electrons. The Morgan fingerprint density at radius 2 is 2.17 bits per heavy atom. The van der Waals surface area contributed by atoms with Crippen LogP contribution in [0.15, 0.2) is 24.4 Å². The lowest BCUT2D eigenvalue weighted by Gasteiger charge is -2.31. The minimum absolute atomic E-state index is 0.0746. The van der Waals surface area contributed by atoms with Crippen molar-refractivity contribution in [3.63, 3.8) is 0 Å². The van der Waals surface area contributed by atoms with Crippen molar-refractivity contribution in [3.05, 3.63) is 35.5 Å². The van der Waals surface area contributed by atoms with Crippen LogP contribution in [0.25, 0.3) is 10.9 Å². The van der Waals surface area contributed by atoms with E-state index < -0.39 is 11.5 Å². The van der Waals surface area contributed by atoms with Crippen molar-refractivity contribution < 1.29 is 14.7 Å². The molecular weight excluding hydrogens is 292 g/mol. The second-order valence-electron chi connectivity index (χ2n) is 6.59. The lowest BCUT2D eigenvalue weighted by Crippen LogP contribution is -2.50. The minimum atomic E-state index is -1.05. The summed E-state index contributed by atoms with van der Waals surface area (Å²) in [4.78, 5) is 28.8. The van der Waals surface area contributed by atoms with Gasteiger partial charge >= 0.3 is 5.97 Å². The fourth-order valence-electron chi connectivity index (χ4n) is 3.46. The van der Waals surface area contributed by atoms with E-state index in [4.69, 9.17) is 0 Å².